The van der Waals surface area contributed by atoms with E-state index < -0.39 is 7.60 Å². The number of rotatable bonds is 6. The highest BCUT2D eigenvalue weighted by Gasteiger charge is 2.46. The van der Waals surface area contributed by atoms with Gasteiger partial charge in [-0.1, -0.05) is 38.3 Å². The summed E-state index contributed by atoms with van der Waals surface area (Å²) >= 11 is 0. The summed E-state index contributed by atoms with van der Waals surface area (Å²) in [5.74, 6) is 3.52. The number of para-hydroxylation sites is 2. The molecule has 38 heavy (non-hydrogen) atoms. The average molecular weight is 540 g/mol. The van der Waals surface area contributed by atoms with Crippen LogP contribution in [-0.4, -0.2) is 42.4 Å². The molecule has 3 heterocycles. The Morgan fingerprint density at radius 3 is 2.37 bits per heavy atom. The van der Waals surface area contributed by atoms with Crippen molar-refractivity contribution in [2.45, 2.75) is 108 Å². The smallest absolute Gasteiger partial charge is 0.321 e. The maximum absolute atomic E-state index is 13.7. The molecule has 3 saturated carbocycles. The molecule has 8 heteroatoms. The van der Waals surface area contributed by atoms with Crippen molar-refractivity contribution in [3.8, 4) is 0 Å². The van der Waals surface area contributed by atoms with Crippen LogP contribution in [-0.2, 0) is 4.57 Å². The third kappa shape index (κ3) is 5.32. The van der Waals surface area contributed by atoms with Gasteiger partial charge in [-0.25, -0.2) is 4.98 Å². The van der Waals surface area contributed by atoms with Gasteiger partial charge >= 0.3 is 7.60 Å². The van der Waals surface area contributed by atoms with Crippen molar-refractivity contribution in [2.75, 3.05) is 0 Å². The zero-order valence-electron chi connectivity index (χ0n) is 22.5. The molecule has 5 atom stereocenters. The van der Waals surface area contributed by atoms with Crippen LogP contribution >= 0.6 is 7.60 Å². The van der Waals surface area contributed by atoms with E-state index in [1.165, 1.54) is 70.3 Å². The fourth-order valence-corrected chi connectivity index (χ4v) is 8.92. The molecule has 7 rings (SSSR count). The van der Waals surface area contributed by atoms with Gasteiger partial charge in [0.25, 0.3) is 5.56 Å². The van der Waals surface area contributed by atoms with E-state index in [2.05, 4.69) is 16.8 Å². The first-order chi connectivity index (χ1) is 18.3. The highest BCUT2D eigenvalue weighted by atomic mass is 31.2. The minimum absolute atomic E-state index is 0.0669. The Hall–Kier alpha value is -1.79. The molecule has 1 aromatic carbocycles. The normalized spacial score (nSPS) is 34.1. The third-order valence-electron chi connectivity index (χ3n) is 9.95. The van der Waals surface area contributed by atoms with Crippen LogP contribution in [0.2, 0.25) is 0 Å². The molecule has 2 aliphatic heterocycles. The molecule has 1 aromatic heterocycles. The zero-order chi connectivity index (χ0) is 26.4. The molecule has 5 fully saturated rings. The first-order valence-electron chi connectivity index (χ1n) is 14.8. The van der Waals surface area contributed by atoms with Crippen LogP contribution in [0.15, 0.2) is 34.9 Å². The fourth-order valence-electron chi connectivity index (χ4n) is 8.59. The van der Waals surface area contributed by atoms with Gasteiger partial charge in [-0.3, -0.25) is 14.3 Å². The lowest BCUT2D eigenvalue weighted by molar-refractivity contribution is -0.0497. The summed E-state index contributed by atoms with van der Waals surface area (Å²) in [6.45, 7) is 2.33. The van der Waals surface area contributed by atoms with Gasteiger partial charge in [0.05, 0.1) is 11.0 Å². The lowest BCUT2D eigenvalue weighted by Crippen LogP contribution is -2.58. The van der Waals surface area contributed by atoms with E-state index >= 15 is 0 Å². The second kappa shape index (κ2) is 10.6. The Balaban J connectivity index is 1.32. The monoisotopic (exact) mass is 539 g/mol. The standard InChI is InChI=1S/C30H42N3O4P/c1-2-6-20-13-21-14-22(15-21)17-25(16-20)32-23-7-5-8-24(32)19-26(18-23)33-29-10-4-3-9-27(29)31-28(30(33)34)11-12-38(35,36)37/h3-4,9-12,20-26H,2,5-8,13-19H2,1H3,(H2,35,36,37)/b12-11+/t20-,21?,22?,23-,24+,25-,26?/m1/s1. The summed E-state index contributed by atoms with van der Waals surface area (Å²) in [4.78, 5) is 39.8. The van der Waals surface area contributed by atoms with Gasteiger partial charge in [0.15, 0.2) is 0 Å². The Kier molecular flexibility index (Phi) is 7.41. The number of nitrogens with zero attached hydrogens (tertiary/aromatic N) is 3. The molecule has 5 aliphatic rings. The summed E-state index contributed by atoms with van der Waals surface area (Å²) in [7, 11) is -4.39. The van der Waals surface area contributed by atoms with Crippen molar-refractivity contribution in [1.82, 2.24) is 14.5 Å². The SMILES string of the molecule is CCC[C@@H]1CC2CC(C2)C[C@H](N2[C@@H]3CCC[C@H]2CC(n2c(=O)c(/C=C/P(=O)(O)O)nc4ccccc42)C3)C1. The van der Waals surface area contributed by atoms with Crippen molar-refractivity contribution < 1.29 is 14.4 Å². The largest absolute Gasteiger partial charge is 0.349 e. The molecule has 0 amide bonds. The summed E-state index contributed by atoms with van der Waals surface area (Å²) in [6.07, 6.45) is 16.4. The van der Waals surface area contributed by atoms with Crippen molar-refractivity contribution >= 4 is 24.7 Å². The molecule has 0 spiro atoms. The fraction of sp³-hybridized carbons (Fsp3) is 0.667. The second-order valence-electron chi connectivity index (χ2n) is 12.6. The topological polar surface area (TPSA) is 95.7 Å². The quantitative estimate of drug-likeness (QED) is 0.431. The molecular weight excluding hydrogens is 497 g/mol. The second-order valence-corrected chi connectivity index (χ2v) is 14.1. The Morgan fingerprint density at radius 2 is 1.66 bits per heavy atom. The van der Waals surface area contributed by atoms with Gasteiger partial charge in [0, 0.05) is 30.0 Å². The number of hydrogen-bond acceptors (Lipinski definition) is 4. The Morgan fingerprint density at radius 1 is 0.947 bits per heavy atom. The zero-order valence-corrected chi connectivity index (χ0v) is 23.4. The van der Waals surface area contributed by atoms with E-state index in [-0.39, 0.29) is 17.3 Å². The van der Waals surface area contributed by atoms with Crippen LogP contribution in [0.4, 0.5) is 0 Å². The van der Waals surface area contributed by atoms with E-state index in [4.69, 9.17) is 0 Å². The van der Waals surface area contributed by atoms with Crippen molar-refractivity contribution in [1.29, 1.82) is 0 Å². The van der Waals surface area contributed by atoms with E-state index in [0.717, 1.165) is 41.9 Å². The van der Waals surface area contributed by atoms with Gasteiger partial charge < -0.3 is 14.4 Å². The summed E-state index contributed by atoms with van der Waals surface area (Å²) in [5, 5.41) is 0. The molecule has 2 saturated heterocycles. The van der Waals surface area contributed by atoms with Crippen LogP contribution in [0, 0.1) is 17.8 Å². The maximum atomic E-state index is 13.7. The summed E-state index contributed by atoms with van der Waals surface area (Å²) < 4.78 is 13.4. The van der Waals surface area contributed by atoms with Crippen LogP contribution in [0.25, 0.3) is 17.1 Å². The molecule has 7 nitrogen and oxygen atoms in total. The highest BCUT2D eigenvalue weighted by molar-refractivity contribution is 7.55. The predicted octanol–water partition coefficient (Wildman–Crippen LogP) is 6.10. The molecule has 206 valence electrons. The number of piperidine rings is 2. The average Bonchev–Trinajstić information content (AvgIpc) is 2.82. The molecule has 0 radical (unpaired) electrons. The van der Waals surface area contributed by atoms with Crippen molar-refractivity contribution in [3.63, 3.8) is 0 Å². The number of aromatic nitrogens is 2. The van der Waals surface area contributed by atoms with Crippen LogP contribution < -0.4 is 5.56 Å². The number of hydrogen-bond donors (Lipinski definition) is 2. The molecule has 4 bridgehead atoms. The van der Waals surface area contributed by atoms with Gasteiger partial charge in [-0.05, 0) is 93.7 Å². The van der Waals surface area contributed by atoms with Crippen LogP contribution in [0.5, 0.6) is 0 Å². The molecule has 2 aromatic rings. The van der Waals surface area contributed by atoms with E-state index in [1.54, 1.807) is 0 Å². The molecule has 2 N–H and O–H groups in total. The van der Waals surface area contributed by atoms with Gasteiger partial charge in [0.1, 0.15) is 5.69 Å². The van der Waals surface area contributed by atoms with Gasteiger partial charge in [-0.15, -0.1) is 0 Å². The van der Waals surface area contributed by atoms with Crippen LogP contribution in [0.1, 0.15) is 95.7 Å². The van der Waals surface area contributed by atoms with Crippen molar-refractivity contribution in [3.05, 3.63) is 46.1 Å². The molecule has 1 unspecified atom stereocenters. The third-order valence-corrected chi connectivity index (χ3v) is 10.5. The predicted molar refractivity (Wildman–Crippen MR) is 151 cm³/mol. The minimum atomic E-state index is -4.39. The van der Waals surface area contributed by atoms with Crippen molar-refractivity contribution in [2.24, 2.45) is 17.8 Å². The number of benzene rings is 1. The summed E-state index contributed by atoms with van der Waals surface area (Å²) in [6, 6.07) is 9.38. The Labute approximate surface area is 225 Å². The Bertz CT molecular complexity index is 1280. The highest BCUT2D eigenvalue weighted by Crippen LogP contribution is 2.49. The van der Waals surface area contributed by atoms with E-state index in [1.807, 2.05) is 28.8 Å². The van der Waals surface area contributed by atoms with Gasteiger partial charge in [-0.2, -0.15) is 0 Å². The molecular formula is C30H42N3O4P. The maximum Gasteiger partial charge on any atom is 0.349 e. The van der Waals surface area contributed by atoms with E-state index in [0.29, 0.717) is 23.6 Å². The lowest BCUT2D eigenvalue weighted by Gasteiger charge is -2.55. The van der Waals surface area contributed by atoms with Crippen LogP contribution in [0.3, 0.4) is 0 Å². The minimum Gasteiger partial charge on any atom is -0.321 e. The first-order valence-corrected chi connectivity index (χ1v) is 16.5. The molecule has 3 aliphatic carbocycles. The first kappa shape index (κ1) is 26.4. The van der Waals surface area contributed by atoms with Gasteiger partial charge in [0.2, 0.25) is 0 Å². The van der Waals surface area contributed by atoms with E-state index in [9.17, 15) is 19.1 Å². The lowest BCUT2D eigenvalue weighted by atomic mass is 9.63. The summed E-state index contributed by atoms with van der Waals surface area (Å²) in [5.41, 5.74) is 1.35. The number of fused-ring (bicyclic) bond motifs is 8.